The predicted molar refractivity (Wildman–Crippen MR) is 87.4 cm³/mol. The molecule has 0 radical (unpaired) electrons. The lowest BCUT2D eigenvalue weighted by atomic mass is 10.1. The molecule has 0 aromatic heterocycles. The molecule has 0 spiro atoms. The van der Waals surface area contributed by atoms with Crippen molar-refractivity contribution < 1.29 is 4.74 Å². The highest BCUT2D eigenvalue weighted by Crippen LogP contribution is 2.16. The summed E-state index contributed by atoms with van der Waals surface area (Å²) in [4.78, 5) is 2.55. The molecule has 1 saturated heterocycles. The molecule has 114 valence electrons. The van der Waals surface area contributed by atoms with Gasteiger partial charge in [0.15, 0.2) is 0 Å². The number of nitrogens with two attached hydrogens (primary N) is 1. The SMILES string of the molecule is CC1CCCCCN1CCOc1ccc(C#CCN)cc1. The van der Waals surface area contributed by atoms with Gasteiger partial charge in [-0.15, -0.1) is 0 Å². The Kier molecular flexibility index (Phi) is 6.59. The molecule has 1 heterocycles. The van der Waals surface area contributed by atoms with Crippen molar-refractivity contribution in [2.75, 3.05) is 26.2 Å². The number of nitrogens with zero attached hydrogens (tertiary/aromatic N) is 1. The van der Waals surface area contributed by atoms with Crippen molar-refractivity contribution in [3.63, 3.8) is 0 Å². The van der Waals surface area contributed by atoms with Crippen molar-refractivity contribution in [3.05, 3.63) is 29.8 Å². The number of benzene rings is 1. The summed E-state index contributed by atoms with van der Waals surface area (Å²) in [6, 6.07) is 8.60. The summed E-state index contributed by atoms with van der Waals surface area (Å²) in [7, 11) is 0. The molecule has 1 unspecified atom stereocenters. The van der Waals surface area contributed by atoms with E-state index in [9.17, 15) is 0 Å². The monoisotopic (exact) mass is 286 g/mol. The molecule has 1 aliphatic rings. The van der Waals surface area contributed by atoms with E-state index in [1.807, 2.05) is 24.3 Å². The van der Waals surface area contributed by atoms with E-state index in [0.29, 0.717) is 12.6 Å². The van der Waals surface area contributed by atoms with Crippen LogP contribution in [0.15, 0.2) is 24.3 Å². The third-order valence-electron chi connectivity index (χ3n) is 4.03. The minimum Gasteiger partial charge on any atom is -0.492 e. The van der Waals surface area contributed by atoms with Crippen LogP contribution in [-0.2, 0) is 0 Å². The van der Waals surface area contributed by atoms with Crippen molar-refractivity contribution in [2.45, 2.75) is 38.6 Å². The maximum Gasteiger partial charge on any atom is 0.119 e. The molecule has 3 nitrogen and oxygen atoms in total. The van der Waals surface area contributed by atoms with Gasteiger partial charge in [0, 0.05) is 18.2 Å². The Morgan fingerprint density at radius 2 is 2.05 bits per heavy atom. The topological polar surface area (TPSA) is 38.5 Å². The van der Waals surface area contributed by atoms with Gasteiger partial charge in [0.05, 0.1) is 6.54 Å². The van der Waals surface area contributed by atoms with Crippen LogP contribution in [0.5, 0.6) is 5.75 Å². The lowest BCUT2D eigenvalue weighted by molar-refractivity contribution is 0.171. The lowest BCUT2D eigenvalue weighted by Crippen LogP contribution is -2.35. The standard InChI is InChI=1S/C18H26N2O/c1-16-6-3-2-4-13-20(16)14-15-21-18-10-8-17(9-11-18)7-5-12-19/h8-11,16H,2-4,6,12-15,19H2,1H3. The molecule has 0 bridgehead atoms. The molecule has 1 atom stereocenters. The highest BCUT2D eigenvalue weighted by Gasteiger charge is 2.16. The van der Waals surface area contributed by atoms with E-state index in [1.165, 1.54) is 32.2 Å². The molecule has 2 N–H and O–H groups in total. The third-order valence-corrected chi connectivity index (χ3v) is 4.03. The van der Waals surface area contributed by atoms with Gasteiger partial charge in [0.25, 0.3) is 0 Å². The van der Waals surface area contributed by atoms with E-state index in [0.717, 1.165) is 24.5 Å². The van der Waals surface area contributed by atoms with Gasteiger partial charge in [0.2, 0.25) is 0 Å². The predicted octanol–water partition coefficient (Wildman–Crippen LogP) is 2.64. The van der Waals surface area contributed by atoms with Crippen LogP contribution < -0.4 is 10.5 Å². The average molecular weight is 286 g/mol. The molecule has 21 heavy (non-hydrogen) atoms. The van der Waals surface area contributed by atoms with Crippen molar-refractivity contribution in [2.24, 2.45) is 5.73 Å². The largest absolute Gasteiger partial charge is 0.492 e. The number of hydrogen-bond donors (Lipinski definition) is 1. The Hall–Kier alpha value is -1.50. The minimum absolute atomic E-state index is 0.395. The molecular weight excluding hydrogens is 260 g/mol. The quantitative estimate of drug-likeness (QED) is 0.865. The summed E-state index contributed by atoms with van der Waals surface area (Å²) >= 11 is 0. The number of rotatable bonds is 4. The summed E-state index contributed by atoms with van der Waals surface area (Å²) in [5, 5.41) is 0. The smallest absolute Gasteiger partial charge is 0.119 e. The highest BCUT2D eigenvalue weighted by atomic mass is 16.5. The lowest BCUT2D eigenvalue weighted by Gasteiger charge is -2.26. The molecule has 2 rings (SSSR count). The van der Waals surface area contributed by atoms with Crippen LogP contribution in [-0.4, -0.2) is 37.2 Å². The van der Waals surface area contributed by atoms with Crippen molar-refractivity contribution in [1.82, 2.24) is 4.90 Å². The van der Waals surface area contributed by atoms with E-state index in [2.05, 4.69) is 23.7 Å². The van der Waals surface area contributed by atoms with Crippen molar-refractivity contribution in [3.8, 4) is 17.6 Å². The van der Waals surface area contributed by atoms with E-state index >= 15 is 0 Å². The second-order valence-electron chi connectivity index (χ2n) is 5.61. The first-order chi connectivity index (χ1) is 10.3. The highest BCUT2D eigenvalue weighted by molar-refractivity contribution is 5.38. The molecule has 1 aromatic rings. The first kappa shape index (κ1) is 15.9. The molecule has 0 amide bonds. The summed E-state index contributed by atoms with van der Waals surface area (Å²) in [5.41, 5.74) is 6.34. The van der Waals surface area contributed by atoms with Gasteiger partial charge in [-0.2, -0.15) is 0 Å². The van der Waals surface area contributed by atoms with Gasteiger partial charge in [-0.1, -0.05) is 24.7 Å². The summed E-state index contributed by atoms with van der Waals surface area (Å²) < 4.78 is 5.84. The average Bonchev–Trinajstić information content (AvgIpc) is 2.71. The molecule has 3 heteroatoms. The second-order valence-corrected chi connectivity index (χ2v) is 5.61. The van der Waals surface area contributed by atoms with Gasteiger partial charge >= 0.3 is 0 Å². The Morgan fingerprint density at radius 1 is 1.24 bits per heavy atom. The van der Waals surface area contributed by atoms with E-state index in [-0.39, 0.29) is 0 Å². The molecular formula is C18H26N2O. The zero-order valence-electron chi connectivity index (χ0n) is 13.0. The normalized spacial score (nSPS) is 19.4. The molecule has 0 aliphatic carbocycles. The molecule has 0 saturated carbocycles. The minimum atomic E-state index is 0.395. The van der Waals surface area contributed by atoms with Crippen LogP contribution in [0, 0.1) is 11.8 Å². The van der Waals surface area contributed by atoms with Gasteiger partial charge in [-0.05, 0) is 50.6 Å². The first-order valence-electron chi connectivity index (χ1n) is 7.95. The third kappa shape index (κ3) is 5.41. The second kappa shape index (κ2) is 8.71. The summed E-state index contributed by atoms with van der Waals surface area (Å²) in [6.45, 7) is 5.69. The van der Waals surface area contributed by atoms with Crippen molar-refractivity contribution in [1.29, 1.82) is 0 Å². The van der Waals surface area contributed by atoms with E-state index in [1.54, 1.807) is 0 Å². The molecule has 1 aliphatic heterocycles. The Balaban J connectivity index is 1.77. The Labute approximate surface area is 128 Å². The van der Waals surface area contributed by atoms with Crippen LogP contribution in [0.2, 0.25) is 0 Å². The van der Waals surface area contributed by atoms with Crippen molar-refractivity contribution >= 4 is 0 Å². The molecule has 1 fully saturated rings. The summed E-state index contributed by atoms with van der Waals surface area (Å²) in [6.07, 6.45) is 5.37. The number of likely N-dealkylation sites (tertiary alicyclic amines) is 1. The number of ether oxygens (including phenoxy) is 1. The number of hydrogen-bond acceptors (Lipinski definition) is 3. The van der Waals surface area contributed by atoms with Gasteiger partial charge < -0.3 is 10.5 Å². The fraction of sp³-hybridized carbons (Fsp3) is 0.556. The van der Waals surface area contributed by atoms with Crippen LogP contribution in [0.3, 0.4) is 0 Å². The Morgan fingerprint density at radius 3 is 2.81 bits per heavy atom. The van der Waals surface area contributed by atoms with E-state index < -0.39 is 0 Å². The van der Waals surface area contributed by atoms with Gasteiger partial charge in [0.1, 0.15) is 12.4 Å². The van der Waals surface area contributed by atoms with E-state index in [4.69, 9.17) is 10.5 Å². The fourth-order valence-electron chi connectivity index (χ4n) is 2.73. The molecule has 1 aromatic carbocycles. The van der Waals surface area contributed by atoms with Crippen LogP contribution in [0.4, 0.5) is 0 Å². The zero-order chi connectivity index (χ0) is 14.9. The van der Waals surface area contributed by atoms with Crippen LogP contribution in [0.1, 0.15) is 38.2 Å². The summed E-state index contributed by atoms with van der Waals surface area (Å²) in [5.74, 6) is 6.78. The zero-order valence-corrected chi connectivity index (χ0v) is 13.0. The first-order valence-corrected chi connectivity index (χ1v) is 7.95. The van der Waals surface area contributed by atoms with Crippen LogP contribution in [0.25, 0.3) is 0 Å². The Bertz CT molecular complexity index is 472. The maximum absolute atomic E-state index is 5.84. The van der Waals surface area contributed by atoms with Gasteiger partial charge in [-0.3, -0.25) is 4.90 Å². The fourth-order valence-corrected chi connectivity index (χ4v) is 2.73. The van der Waals surface area contributed by atoms with Crippen LogP contribution >= 0.6 is 0 Å². The van der Waals surface area contributed by atoms with Gasteiger partial charge in [-0.25, -0.2) is 0 Å². The maximum atomic E-state index is 5.84.